The molecule has 0 saturated carbocycles. The Bertz CT molecular complexity index is 780. The van der Waals surface area contributed by atoms with E-state index < -0.39 is 11.5 Å². The summed E-state index contributed by atoms with van der Waals surface area (Å²) >= 11 is 1.48. The van der Waals surface area contributed by atoms with E-state index in [1.807, 2.05) is 30.3 Å². The lowest BCUT2D eigenvalue weighted by molar-refractivity contribution is -0.152. The molecule has 0 spiro atoms. The number of hydrogen-bond acceptors (Lipinski definition) is 4. The van der Waals surface area contributed by atoms with Crippen LogP contribution in [0.15, 0.2) is 66.4 Å². The highest BCUT2D eigenvalue weighted by atomic mass is 32.2. The van der Waals surface area contributed by atoms with E-state index in [1.54, 1.807) is 13.0 Å². The van der Waals surface area contributed by atoms with E-state index in [1.165, 1.54) is 41.0 Å². The van der Waals surface area contributed by atoms with Crippen molar-refractivity contribution in [2.75, 3.05) is 5.75 Å². The van der Waals surface area contributed by atoms with Crippen LogP contribution in [0.1, 0.15) is 18.1 Å². The molecular weight excluding hydrogens is 339 g/mol. The summed E-state index contributed by atoms with van der Waals surface area (Å²) in [5.74, 6) is 0.282. The van der Waals surface area contributed by atoms with Gasteiger partial charge in [0.25, 0.3) is 5.91 Å². The van der Waals surface area contributed by atoms with Crippen LogP contribution in [-0.4, -0.2) is 21.8 Å². The first-order valence-corrected chi connectivity index (χ1v) is 9.04. The van der Waals surface area contributed by atoms with Crippen molar-refractivity contribution in [2.45, 2.75) is 18.4 Å². The molecule has 130 valence electrons. The largest absolute Gasteiger partial charge is 0.362 e. The van der Waals surface area contributed by atoms with Gasteiger partial charge in [0.05, 0.1) is 5.75 Å². The van der Waals surface area contributed by atoms with Gasteiger partial charge in [0.1, 0.15) is 5.82 Å². The van der Waals surface area contributed by atoms with Gasteiger partial charge in [0.2, 0.25) is 5.72 Å². The molecular formula is C19H19FN2O2S. The zero-order valence-electron chi connectivity index (χ0n) is 13.8. The molecule has 1 aliphatic heterocycles. The molecule has 1 atom stereocenters. The fourth-order valence-electron chi connectivity index (χ4n) is 2.72. The molecule has 4 nitrogen and oxygen atoms in total. The number of amides is 1. The number of halogens is 1. The third kappa shape index (κ3) is 3.86. The Balaban J connectivity index is 1.69. The number of benzene rings is 2. The first kappa shape index (κ1) is 17.5. The SMILES string of the molecule is CC1=C[C@](O)(c2ccc(F)cc2)N(C(=O)CSCc2ccccc2)N1. The van der Waals surface area contributed by atoms with E-state index in [2.05, 4.69) is 5.43 Å². The Hall–Kier alpha value is -2.31. The molecule has 0 fully saturated rings. The molecule has 3 rings (SSSR count). The number of hydrazine groups is 1. The maximum atomic E-state index is 13.2. The van der Waals surface area contributed by atoms with Crippen LogP contribution in [0.3, 0.4) is 0 Å². The zero-order valence-corrected chi connectivity index (χ0v) is 14.6. The molecule has 2 N–H and O–H groups in total. The minimum atomic E-state index is -1.62. The van der Waals surface area contributed by atoms with Gasteiger partial charge in [0.15, 0.2) is 0 Å². The van der Waals surface area contributed by atoms with E-state index in [9.17, 15) is 14.3 Å². The van der Waals surface area contributed by atoms with Crippen LogP contribution in [0.5, 0.6) is 0 Å². The van der Waals surface area contributed by atoms with Crippen molar-refractivity contribution in [1.29, 1.82) is 0 Å². The van der Waals surface area contributed by atoms with E-state index in [0.717, 1.165) is 5.56 Å². The monoisotopic (exact) mass is 358 g/mol. The predicted octanol–water partition coefficient (Wildman–Crippen LogP) is 3.15. The molecule has 0 saturated heterocycles. The molecule has 6 heteroatoms. The van der Waals surface area contributed by atoms with Crippen molar-refractivity contribution < 1.29 is 14.3 Å². The van der Waals surface area contributed by atoms with Gasteiger partial charge in [-0.05, 0) is 30.7 Å². The summed E-state index contributed by atoms with van der Waals surface area (Å²) in [4.78, 5) is 12.6. The summed E-state index contributed by atoms with van der Waals surface area (Å²) < 4.78 is 13.2. The van der Waals surface area contributed by atoms with Crippen molar-refractivity contribution in [1.82, 2.24) is 10.4 Å². The average Bonchev–Trinajstić information content (AvgIpc) is 2.92. The molecule has 25 heavy (non-hydrogen) atoms. The Morgan fingerprint density at radius 2 is 1.88 bits per heavy atom. The molecule has 2 aromatic rings. The van der Waals surface area contributed by atoms with Gasteiger partial charge in [0, 0.05) is 17.0 Å². The molecule has 0 aliphatic carbocycles. The van der Waals surface area contributed by atoms with Crippen LogP contribution in [0.4, 0.5) is 4.39 Å². The number of hydrogen-bond donors (Lipinski definition) is 2. The smallest absolute Gasteiger partial charge is 0.254 e. The number of rotatable bonds is 5. The number of carbonyl (C=O) groups excluding carboxylic acids is 1. The van der Waals surface area contributed by atoms with Crippen molar-refractivity contribution in [3.8, 4) is 0 Å². The van der Waals surface area contributed by atoms with Gasteiger partial charge in [-0.15, -0.1) is 11.8 Å². The van der Waals surface area contributed by atoms with Crippen LogP contribution < -0.4 is 5.43 Å². The van der Waals surface area contributed by atoms with Gasteiger partial charge in [-0.25, -0.2) is 9.40 Å². The fourth-order valence-corrected chi connectivity index (χ4v) is 3.55. The summed E-state index contributed by atoms with van der Waals surface area (Å²) in [5.41, 5.74) is 3.50. The molecule has 0 bridgehead atoms. The number of nitrogens with one attached hydrogen (secondary N) is 1. The van der Waals surface area contributed by atoms with Crippen LogP contribution in [0.25, 0.3) is 0 Å². The average molecular weight is 358 g/mol. The maximum absolute atomic E-state index is 13.2. The number of thioether (sulfide) groups is 1. The zero-order chi connectivity index (χ0) is 17.9. The van der Waals surface area contributed by atoms with Gasteiger partial charge in [-0.3, -0.25) is 10.2 Å². The predicted molar refractivity (Wildman–Crippen MR) is 96.6 cm³/mol. The summed E-state index contributed by atoms with van der Waals surface area (Å²) in [6.45, 7) is 1.76. The molecule has 1 amide bonds. The fraction of sp³-hybridized carbons (Fsp3) is 0.211. The summed E-state index contributed by atoms with van der Waals surface area (Å²) in [5, 5.41) is 12.2. The van der Waals surface area contributed by atoms with Crippen molar-refractivity contribution in [3.63, 3.8) is 0 Å². The minimum Gasteiger partial charge on any atom is -0.362 e. The quantitative estimate of drug-likeness (QED) is 0.862. The molecule has 0 radical (unpaired) electrons. The Kier molecular flexibility index (Phi) is 5.11. The Labute approximate surface area is 150 Å². The van der Waals surface area contributed by atoms with Gasteiger partial charge < -0.3 is 5.11 Å². The van der Waals surface area contributed by atoms with Crippen LogP contribution in [0, 0.1) is 5.82 Å². The molecule has 0 aromatic heterocycles. The van der Waals surface area contributed by atoms with E-state index in [0.29, 0.717) is 17.0 Å². The lowest BCUT2D eigenvalue weighted by Crippen LogP contribution is -2.51. The molecule has 0 unspecified atom stereocenters. The van der Waals surface area contributed by atoms with Crippen LogP contribution >= 0.6 is 11.8 Å². The first-order valence-electron chi connectivity index (χ1n) is 7.88. The number of allylic oxidation sites excluding steroid dienone is 1. The van der Waals surface area contributed by atoms with Gasteiger partial charge in [-0.2, -0.15) is 0 Å². The normalized spacial score (nSPS) is 19.5. The first-order chi connectivity index (χ1) is 12.0. The Morgan fingerprint density at radius 1 is 1.20 bits per heavy atom. The van der Waals surface area contributed by atoms with Crippen molar-refractivity contribution in [3.05, 3.63) is 83.3 Å². The highest BCUT2D eigenvalue weighted by Gasteiger charge is 2.42. The summed E-state index contributed by atoms with van der Waals surface area (Å²) in [6.07, 6.45) is 1.56. The second-order valence-corrected chi connectivity index (χ2v) is 6.87. The summed E-state index contributed by atoms with van der Waals surface area (Å²) in [7, 11) is 0. The van der Waals surface area contributed by atoms with E-state index >= 15 is 0 Å². The van der Waals surface area contributed by atoms with Crippen LogP contribution in [0.2, 0.25) is 0 Å². The maximum Gasteiger partial charge on any atom is 0.254 e. The molecule has 1 heterocycles. The minimum absolute atomic E-state index is 0.215. The van der Waals surface area contributed by atoms with E-state index in [-0.39, 0.29) is 11.7 Å². The number of carbonyl (C=O) groups is 1. The van der Waals surface area contributed by atoms with Gasteiger partial charge >= 0.3 is 0 Å². The van der Waals surface area contributed by atoms with Crippen LogP contribution in [-0.2, 0) is 16.3 Å². The standard InChI is InChI=1S/C19H19FN2O2S/c1-14-11-19(24,16-7-9-17(20)10-8-16)22(21-14)18(23)13-25-12-15-5-3-2-4-6-15/h2-11,21,24H,12-13H2,1H3/t19-/m0/s1. The lowest BCUT2D eigenvalue weighted by atomic mass is 10.0. The third-order valence-corrected chi connectivity index (χ3v) is 4.89. The summed E-state index contributed by atoms with van der Waals surface area (Å²) in [6, 6.07) is 15.4. The Morgan fingerprint density at radius 3 is 2.56 bits per heavy atom. The van der Waals surface area contributed by atoms with Gasteiger partial charge in [-0.1, -0.05) is 42.5 Å². The number of aliphatic hydroxyl groups is 1. The van der Waals surface area contributed by atoms with E-state index in [4.69, 9.17) is 0 Å². The van der Waals surface area contributed by atoms with Crippen molar-refractivity contribution in [2.24, 2.45) is 0 Å². The second-order valence-electron chi connectivity index (χ2n) is 5.88. The second kappa shape index (κ2) is 7.29. The number of nitrogens with zero attached hydrogens (tertiary/aromatic N) is 1. The lowest BCUT2D eigenvalue weighted by Gasteiger charge is -2.32. The third-order valence-electron chi connectivity index (χ3n) is 3.90. The highest BCUT2D eigenvalue weighted by molar-refractivity contribution is 7.99. The highest BCUT2D eigenvalue weighted by Crippen LogP contribution is 2.32. The molecule has 2 aromatic carbocycles. The van der Waals surface area contributed by atoms with Crippen molar-refractivity contribution >= 4 is 17.7 Å². The topological polar surface area (TPSA) is 52.6 Å². The molecule has 1 aliphatic rings.